The van der Waals surface area contributed by atoms with Crippen LogP contribution in [0.1, 0.15) is 40.5 Å². The van der Waals surface area contributed by atoms with Gasteiger partial charge in [-0.25, -0.2) is 0 Å². The van der Waals surface area contributed by atoms with Gasteiger partial charge in [-0.05, 0) is 47.6 Å². The molecule has 1 atom stereocenters. The fourth-order valence-corrected chi connectivity index (χ4v) is 3.11. The number of hydrogen-bond donors (Lipinski definition) is 0. The quantitative estimate of drug-likeness (QED) is 0.774. The molecule has 0 bridgehead atoms. The Bertz CT molecular complexity index is 267. The van der Waals surface area contributed by atoms with Gasteiger partial charge in [0.05, 0.1) is 19.3 Å². The molecule has 1 unspecified atom stereocenters. The van der Waals surface area contributed by atoms with E-state index in [4.69, 9.17) is 14.2 Å². The van der Waals surface area contributed by atoms with Crippen molar-refractivity contribution in [2.24, 2.45) is 0 Å². The third-order valence-electron chi connectivity index (χ3n) is 4.48. The molecule has 4 nitrogen and oxygen atoms in total. The zero-order valence-corrected chi connectivity index (χ0v) is 12.4. The predicted octanol–water partition coefficient (Wildman–Crippen LogP) is 2.03. The van der Waals surface area contributed by atoms with Crippen LogP contribution in [0.3, 0.4) is 0 Å². The van der Waals surface area contributed by atoms with Gasteiger partial charge in [-0.15, -0.1) is 0 Å². The molecule has 0 radical (unpaired) electrons. The Kier molecular flexibility index (Phi) is 4.02. The van der Waals surface area contributed by atoms with Crippen molar-refractivity contribution in [3.8, 4) is 0 Å². The van der Waals surface area contributed by atoms with Gasteiger partial charge >= 0.3 is 0 Å². The van der Waals surface area contributed by atoms with Crippen molar-refractivity contribution in [1.82, 2.24) is 4.90 Å². The van der Waals surface area contributed by atoms with Crippen LogP contribution in [0.5, 0.6) is 0 Å². The largest absolute Gasteiger partial charge is 0.375 e. The Balaban J connectivity index is 1.89. The first-order chi connectivity index (χ1) is 8.31. The minimum atomic E-state index is 0.121. The second kappa shape index (κ2) is 5.08. The first-order valence-corrected chi connectivity index (χ1v) is 6.86. The van der Waals surface area contributed by atoms with Crippen molar-refractivity contribution >= 4 is 0 Å². The van der Waals surface area contributed by atoms with E-state index in [1.165, 1.54) is 0 Å². The van der Waals surface area contributed by atoms with Crippen LogP contribution in [0.15, 0.2) is 0 Å². The molecule has 0 aliphatic carbocycles. The molecule has 0 spiro atoms. The van der Waals surface area contributed by atoms with E-state index in [1.54, 1.807) is 0 Å². The number of likely N-dealkylation sites (tertiary alicyclic amines) is 1. The van der Waals surface area contributed by atoms with Gasteiger partial charge in [-0.3, -0.25) is 4.90 Å². The fourth-order valence-electron chi connectivity index (χ4n) is 3.11. The Labute approximate surface area is 111 Å². The number of ether oxygens (including phenoxy) is 3. The van der Waals surface area contributed by atoms with Gasteiger partial charge in [0, 0.05) is 11.1 Å². The molecular formula is C14H27NO3. The van der Waals surface area contributed by atoms with Gasteiger partial charge in [-0.1, -0.05) is 0 Å². The van der Waals surface area contributed by atoms with E-state index in [0.29, 0.717) is 26.1 Å². The lowest BCUT2D eigenvalue weighted by molar-refractivity contribution is -0.106. The average molecular weight is 257 g/mol. The molecule has 2 rings (SSSR count). The Morgan fingerprint density at radius 3 is 2.28 bits per heavy atom. The maximum absolute atomic E-state index is 6.05. The second-order valence-corrected chi connectivity index (χ2v) is 6.82. The lowest BCUT2D eigenvalue weighted by Gasteiger charge is -2.53. The van der Waals surface area contributed by atoms with Crippen molar-refractivity contribution < 1.29 is 14.2 Å². The fraction of sp³-hybridized carbons (Fsp3) is 1.00. The Hall–Kier alpha value is -0.160. The van der Waals surface area contributed by atoms with Crippen molar-refractivity contribution in [1.29, 1.82) is 0 Å². The summed E-state index contributed by atoms with van der Waals surface area (Å²) in [4.78, 5) is 2.47. The highest BCUT2D eigenvalue weighted by Gasteiger charge is 2.43. The molecule has 4 heteroatoms. The van der Waals surface area contributed by atoms with Gasteiger partial charge in [0.15, 0.2) is 0 Å². The Morgan fingerprint density at radius 1 is 1.17 bits per heavy atom. The van der Waals surface area contributed by atoms with Crippen LogP contribution in [0.4, 0.5) is 0 Å². The zero-order chi connectivity index (χ0) is 13.4. The standard InChI is InChI=1S/C14H27NO3/c1-13(2)6-11(7-14(3,4)15(13)5)17-9-12-8-16-10-18-12/h11-12H,6-10H2,1-5H3. The molecule has 2 aliphatic heterocycles. The van der Waals surface area contributed by atoms with Crippen LogP contribution in [0.25, 0.3) is 0 Å². The van der Waals surface area contributed by atoms with Crippen LogP contribution >= 0.6 is 0 Å². The molecule has 0 aromatic heterocycles. The molecule has 106 valence electrons. The summed E-state index contributed by atoms with van der Waals surface area (Å²) in [5.41, 5.74) is 0.360. The smallest absolute Gasteiger partial charge is 0.147 e. The van der Waals surface area contributed by atoms with E-state index in [9.17, 15) is 0 Å². The summed E-state index contributed by atoms with van der Waals surface area (Å²) in [5.74, 6) is 0. The highest BCUT2D eigenvalue weighted by atomic mass is 16.7. The third-order valence-corrected chi connectivity index (χ3v) is 4.48. The second-order valence-electron chi connectivity index (χ2n) is 6.82. The van der Waals surface area contributed by atoms with Crippen LogP contribution in [-0.4, -0.2) is 55.2 Å². The molecule has 0 N–H and O–H groups in total. The molecule has 2 fully saturated rings. The molecule has 18 heavy (non-hydrogen) atoms. The van der Waals surface area contributed by atoms with E-state index in [2.05, 4.69) is 39.6 Å². The lowest BCUT2D eigenvalue weighted by atomic mass is 9.79. The zero-order valence-electron chi connectivity index (χ0n) is 12.4. The highest BCUT2D eigenvalue weighted by molar-refractivity contribution is 4.99. The lowest BCUT2D eigenvalue weighted by Crippen LogP contribution is -2.60. The number of piperidine rings is 1. The monoisotopic (exact) mass is 257 g/mol. The van der Waals surface area contributed by atoms with Crippen LogP contribution in [-0.2, 0) is 14.2 Å². The first-order valence-electron chi connectivity index (χ1n) is 6.86. The van der Waals surface area contributed by atoms with E-state index < -0.39 is 0 Å². The normalized spacial score (nSPS) is 32.8. The van der Waals surface area contributed by atoms with Crippen LogP contribution in [0.2, 0.25) is 0 Å². The van der Waals surface area contributed by atoms with E-state index in [1.807, 2.05) is 0 Å². The van der Waals surface area contributed by atoms with Crippen molar-refractivity contribution in [3.63, 3.8) is 0 Å². The maximum atomic E-state index is 6.05. The topological polar surface area (TPSA) is 30.9 Å². The van der Waals surface area contributed by atoms with Gasteiger partial charge in [0.2, 0.25) is 0 Å². The summed E-state index contributed by atoms with van der Waals surface area (Å²) in [6.07, 6.45) is 2.58. The molecular weight excluding hydrogens is 230 g/mol. The molecule has 0 amide bonds. The summed E-state index contributed by atoms with van der Waals surface area (Å²) < 4.78 is 16.7. The molecule has 0 aromatic rings. The van der Waals surface area contributed by atoms with E-state index in [-0.39, 0.29) is 17.2 Å². The molecule has 2 saturated heterocycles. The van der Waals surface area contributed by atoms with Crippen LogP contribution < -0.4 is 0 Å². The summed E-state index contributed by atoms with van der Waals surface area (Å²) in [5, 5.41) is 0. The number of rotatable bonds is 3. The average Bonchev–Trinajstić information content (AvgIpc) is 2.75. The Morgan fingerprint density at radius 2 is 1.78 bits per heavy atom. The summed E-state index contributed by atoms with van der Waals surface area (Å²) in [6.45, 7) is 10.9. The molecule has 0 aromatic carbocycles. The summed E-state index contributed by atoms with van der Waals surface area (Å²) >= 11 is 0. The summed E-state index contributed by atoms with van der Waals surface area (Å²) in [6, 6.07) is 0. The van der Waals surface area contributed by atoms with E-state index in [0.717, 1.165) is 12.8 Å². The molecule has 2 heterocycles. The minimum absolute atomic E-state index is 0.121. The first kappa shape index (κ1) is 14.3. The van der Waals surface area contributed by atoms with Crippen LogP contribution in [0, 0.1) is 0 Å². The van der Waals surface area contributed by atoms with Crippen molar-refractivity contribution in [3.05, 3.63) is 0 Å². The molecule has 2 aliphatic rings. The van der Waals surface area contributed by atoms with Gasteiger partial charge in [0.1, 0.15) is 12.9 Å². The SMILES string of the molecule is CN1C(C)(C)CC(OCC2COCO2)CC1(C)C. The van der Waals surface area contributed by atoms with Crippen molar-refractivity contribution in [2.75, 3.05) is 27.1 Å². The number of nitrogens with zero attached hydrogens (tertiary/aromatic N) is 1. The van der Waals surface area contributed by atoms with Gasteiger partial charge in [-0.2, -0.15) is 0 Å². The number of hydrogen-bond acceptors (Lipinski definition) is 4. The van der Waals surface area contributed by atoms with Gasteiger partial charge in [0.25, 0.3) is 0 Å². The van der Waals surface area contributed by atoms with Gasteiger partial charge < -0.3 is 14.2 Å². The highest BCUT2D eigenvalue weighted by Crippen LogP contribution is 2.38. The maximum Gasteiger partial charge on any atom is 0.147 e. The summed E-state index contributed by atoms with van der Waals surface area (Å²) in [7, 11) is 2.21. The predicted molar refractivity (Wildman–Crippen MR) is 70.6 cm³/mol. The molecule has 0 saturated carbocycles. The van der Waals surface area contributed by atoms with E-state index >= 15 is 0 Å². The third kappa shape index (κ3) is 3.05. The van der Waals surface area contributed by atoms with Crippen molar-refractivity contribution in [2.45, 2.75) is 63.8 Å². The minimum Gasteiger partial charge on any atom is -0.375 e.